The van der Waals surface area contributed by atoms with Crippen LogP contribution in [0, 0.1) is 0 Å². The number of hydrogen-bond acceptors (Lipinski definition) is 14. The quantitative estimate of drug-likeness (QED) is 0.182. The Hall–Kier alpha value is -0.560. The van der Waals surface area contributed by atoms with Crippen LogP contribution >= 0.6 is 0 Å². The molecule has 0 radical (unpaired) electrons. The topological polar surface area (TPSA) is 228 Å². The van der Waals surface area contributed by atoms with Crippen molar-refractivity contribution in [3.8, 4) is 0 Å². The summed E-state index contributed by atoms with van der Waals surface area (Å²) in [6, 6.07) is 0. The molecular weight excluding hydrogens is 440 g/mol. The van der Waals surface area contributed by atoms with E-state index in [2.05, 4.69) is 0 Å². The molecule has 0 amide bonds. The van der Waals surface area contributed by atoms with Crippen molar-refractivity contribution in [2.75, 3.05) is 6.61 Å². The Labute approximate surface area is 183 Å². The zero-order chi connectivity index (χ0) is 23.9. The number of aliphatic hydroxyl groups excluding tert-OH is 9. The second-order valence-electron chi connectivity index (χ2n) is 8.30. The van der Waals surface area contributed by atoms with Crippen molar-refractivity contribution in [2.45, 2.75) is 106 Å². The number of ether oxygens (including phenoxy) is 5. The maximum Gasteiger partial charge on any atom is 0.187 e. The first-order valence-corrected chi connectivity index (χ1v) is 10.3. The van der Waals surface area contributed by atoms with Crippen molar-refractivity contribution >= 4 is 0 Å². The molecule has 0 bridgehead atoms. The third kappa shape index (κ3) is 4.94. The summed E-state index contributed by atoms with van der Waals surface area (Å²) < 4.78 is 26.9. The van der Waals surface area contributed by atoms with Gasteiger partial charge in [-0.3, -0.25) is 0 Å². The molecule has 0 aromatic heterocycles. The predicted octanol–water partition coefficient (Wildman–Crippen LogP) is -5.52. The van der Waals surface area contributed by atoms with Gasteiger partial charge < -0.3 is 69.6 Å². The highest BCUT2D eigenvalue weighted by atomic mass is 16.8. The molecular formula is C18H32O14. The van der Waals surface area contributed by atoms with E-state index in [0.717, 1.165) is 0 Å². The number of rotatable bonds is 5. The first-order valence-electron chi connectivity index (χ1n) is 10.3. The Bertz CT molecular complexity index is 610. The van der Waals surface area contributed by atoms with Crippen LogP contribution in [0.4, 0.5) is 0 Å². The van der Waals surface area contributed by atoms with Gasteiger partial charge >= 0.3 is 0 Å². The molecule has 3 aliphatic rings. The molecule has 14 heteroatoms. The third-order valence-corrected chi connectivity index (χ3v) is 6.02. The maximum absolute atomic E-state index is 10.6. The summed E-state index contributed by atoms with van der Waals surface area (Å²) in [4.78, 5) is 0. The zero-order valence-corrected chi connectivity index (χ0v) is 17.4. The minimum atomic E-state index is -1.81. The molecule has 15 unspecified atom stereocenters. The van der Waals surface area contributed by atoms with Crippen molar-refractivity contribution in [1.29, 1.82) is 0 Å². The van der Waals surface area contributed by atoms with E-state index >= 15 is 0 Å². The van der Waals surface area contributed by atoms with Gasteiger partial charge in [0.2, 0.25) is 0 Å². The van der Waals surface area contributed by atoms with E-state index in [1.165, 1.54) is 13.8 Å². The second-order valence-corrected chi connectivity index (χ2v) is 8.30. The lowest BCUT2D eigenvalue weighted by Gasteiger charge is -2.47. The molecule has 3 saturated heterocycles. The van der Waals surface area contributed by atoms with Gasteiger partial charge in [0.1, 0.15) is 61.0 Å². The van der Waals surface area contributed by atoms with Gasteiger partial charge in [-0.15, -0.1) is 0 Å². The van der Waals surface area contributed by atoms with E-state index in [0.29, 0.717) is 0 Å². The molecule has 32 heavy (non-hydrogen) atoms. The normalized spacial score (nSPS) is 55.0. The van der Waals surface area contributed by atoms with Gasteiger partial charge in [0.25, 0.3) is 0 Å². The molecule has 0 aromatic rings. The zero-order valence-electron chi connectivity index (χ0n) is 17.4. The molecule has 0 aromatic carbocycles. The molecule has 14 nitrogen and oxygen atoms in total. The third-order valence-electron chi connectivity index (χ3n) is 6.02. The average Bonchev–Trinajstić information content (AvgIpc) is 2.76. The van der Waals surface area contributed by atoms with Crippen LogP contribution in [0.5, 0.6) is 0 Å². The Morgan fingerprint density at radius 2 is 1.09 bits per heavy atom. The lowest BCUT2D eigenvalue weighted by atomic mass is 9.96. The molecule has 3 heterocycles. The van der Waals surface area contributed by atoms with Crippen molar-refractivity contribution in [3.05, 3.63) is 0 Å². The highest BCUT2D eigenvalue weighted by molar-refractivity contribution is 4.95. The van der Waals surface area contributed by atoms with Crippen molar-refractivity contribution in [3.63, 3.8) is 0 Å². The summed E-state index contributed by atoms with van der Waals surface area (Å²) in [5.74, 6) is 0. The monoisotopic (exact) mass is 472 g/mol. The van der Waals surface area contributed by atoms with E-state index < -0.39 is 98.7 Å². The van der Waals surface area contributed by atoms with Gasteiger partial charge in [-0.05, 0) is 13.8 Å². The van der Waals surface area contributed by atoms with Gasteiger partial charge in [0, 0.05) is 0 Å². The van der Waals surface area contributed by atoms with Crippen LogP contribution in [0.25, 0.3) is 0 Å². The van der Waals surface area contributed by atoms with E-state index in [-0.39, 0.29) is 0 Å². The highest BCUT2D eigenvalue weighted by Crippen LogP contribution is 2.32. The Morgan fingerprint density at radius 1 is 0.562 bits per heavy atom. The molecule has 3 fully saturated rings. The van der Waals surface area contributed by atoms with Crippen LogP contribution in [-0.2, 0) is 23.7 Å². The average molecular weight is 472 g/mol. The highest BCUT2D eigenvalue weighted by Gasteiger charge is 2.52. The van der Waals surface area contributed by atoms with Crippen LogP contribution in [-0.4, -0.2) is 145 Å². The molecule has 188 valence electrons. The summed E-state index contributed by atoms with van der Waals surface area (Å²) in [5.41, 5.74) is 0. The summed E-state index contributed by atoms with van der Waals surface area (Å²) in [7, 11) is 0. The van der Waals surface area contributed by atoms with Crippen molar-refractivity contribution in [2.24, 2.45) is 0 Å². The van der Waals surface area contributed by atoms with Crippen molar-refractivity contribution < 1.29 is 69.6 Å². The van der Waals surface area contributed by atoms with E-state index in [1.54, 1.807) is 0 Å². The molecule has 0 saturated carbocycles. The summed E-state index contributed by atoms with van der Waals surface area (Å²) in [5, 5.41) is 90.6. The van der Waals surface area contributed by atoms with Crippen LogP contribution < -0.4 is 0 Å². The summed E-state index contributed by atoms with van der Waals surface area (Å²) in [6.45, 7) is 2.13. The molecule has 3 aliphatic heterocycles. The smallest absolute Gasteiger partial charge is 0.187 e. The molecule has 3 rings (SSSR count). The Balaban J connectivity index is 1.81. The number of aliphatic hydroxyl groups is 9. The van der Waals surface area contributed by atoms with Crippen LogP contribution in [0.1, 0.15) is 13.8 Å². The molecule has 15 atom stereocenters. The number of hydrogen-bond donors (Lipinski definition) is 9. The van der Waals surface area contributed by atoms with E-state index in [4.69, 9.17) is 23.7 Å². The Kier molecular flexibility index (Phi) is 8.44. The summed E-state index contributed by atoms with van der Waals surface area (Å²) >= 11 is 0. The Morgan fingerprint density at radius 3 is 1.69 bits per heavy atom. The minimum Gasteiger partial charge on any atom is -0.394 e. The lowest BCUT2D eigenvalue weighted by molar-refractivity contribution is -0.383. The van der Waals surface area contributed by atoms with Gasteiger partial charge in [-0.1, -0.05) is 0 Å². The van der Waals surface area contributed by atoms with Crippen molar-refractivity contribution in [1.82, 2.24) is 0 Å². The largest absolute Gasteiger partial charge is 0.394 e. The van der Waals surface area contributed by atoms with Gasteiger partial charge in [-0.25, -0.2) is 0 Å². The van der Waals surface area contributed by atoms with E-state index in [1.807, 2.05) is 0 Å². The lowest BCUT2D eigenvalue weighted by Crippen LogP contribution is -2.66. The van der Waals surface area contributed by atoms with Gasteiger partial charge in [0.15, 0.2) is 18.9 Å². The minimum absolute atomic E-state index is 0.700. The summed E-state index contributed by atoms with van der Waals surface area (Å²) in [6.07, 6.45) is -22.6. The maximum atomic E-state index is 10.6. The molecule has 9 N–H and O–H groups in total. The fourth-order valence-corrected chi connectivity index (χ4v) is 3.92. The first-order chi connectivity index (χ1) is 15.0. The first kappa shape index (κ1) is 26.1. The predicted molar refractivity (Wildman–Crippen MR) is 98.4 cm³/mol. The van der Waals surface area contributed by atoms with Gasteiger partial charge in [-0.2, -0.15) is 0 Å². The fraction of sp³-hybridized carbons (Fsp3) is 1.00. The van der Waals surface area contributed by atoms with Crippen LogP contribution in [0.2, 0.25) is 0 Å². The SMILES string of the molecule is CC1OC(OC2C(OC3C(O)C(O)OC(CO)C3O)OC(C)C(O)C2O)C(O)C(O)C1O. The molecule has 0 spiro atoms. The second kappa shape index (κ2) is 10.4. The van der Waals surface area contributed by atoms with Gasteiger partial charge in [0.05, 0.1) is 18.8 Å². The van der Waals surface area contributed by atoms with Crippen LogP contribution in [0.3, 0.4) is 0 Å². The van der Waals surface area contributed by atoms with E-state index in [9.17, 15) is 46.0 Å². The fourth-order valence-electron chi connectivity index (χ4n) is 3.92. The standard InChI is InChI=1S/C18H32O14/c1-4-7(20)10(23)12(25)17(28-4)32-15-11(24)8(21)5(2)29-18(15)31-14-9(22)6(3-19)30-16(27)13(14)26/h4-27H,3H2,1-2H3. The van der Waals surface area contributed by atoms with Crippen LogP contribution in [0.15, 0.2) is 0 Å². The molecule has 0 aliphatic carbocycles.